The maximum Gasteiger partial charge on any atom is 0.488 e. The minimum Gasteiger partial charge on any atom is -0.507 e. The van der Waals surface area contributed by atoms with Gasteiger partial charge in [-0.05, 0) is 195 Å². The second kappa shape index (κ2) is 39.5. The summed E-state index contributed by atoms with van der Waals surface area (Å²) in [6.45, 7) is 17.9. The van der Waals surface area contributed by atoms with Crippen LogP contribution in [0.1, 0.15) is 67.2 Å². The topological polar surface area (TPSA) is 184 Å². The van der Waals surface area contributed by atoms with Gasteiger partial charge in [-0.2, -0.15) is 0 Å². The highest BCUT2D eigenvalue weighted by Gasteiger charge is 2.25. The Hall–Kier alpha value is -8.39. The maximum absolute atomic E-state index is 10.9. The average Bonchev–Trinajstić information content (AvgIpc) is 0.778. The Labute approximate surface area is 676 Å². The number of nitrogens with zero attached hydrogens (tertiary/aromatic N) is 5. The first kappa shape index (κ1) is 83.1. The van der Waals surface area contributed by atoms with Crippen molar-refractivity contribution in [2.75, 3.05) is 31.1 Å². The number of nitrogens with one attached hydrogen (secondary N) is 4. The van der Waals surface area contributed by atoms with E-state index < -0.39 is 7.12 Å². The number of H-pyrrole nitrogens is 1. The molecule has 16 rings (SSSR count). The van der Waals surface area contributed by atoms with Crippen molar-refractivity contribution < 1.29 is 15.2 Å². The largest absolute Gasteiger partial charge is 0.507 e. The van der Waals surface area contributed by atoms with E-state index in [-0.39, 0.29) is 22.4 Å². The number of fused-ring (bicyclic) bond motifs is 5. The zero-order valence-corrected chi connectivity index (χ0v) is 67.1. The molecule has 2 saturated heterocycles. The van der Waals surface area contributed by atoms with Gasteiger partial charge in [-0.3, -0.25) is 4.79 Å². The molecule has 7 heterocycles. The SMILES string of the molecule is CC(C)(C)NC1CCN(c2cc(-c3ccc(Cl)cc3)nc3ccccc23)CC1.CC(C)(C)NC1CCNCC1.Clc1cc(Cl)c2ccccc2n1.Clc1ccc(-c2cc(Cl)c3ccccc3n2)cc1.Clc1ccc(-c2cc(Cl)c3ccccc3n2)cc1.O=c1cc(O)c2ccccc2[nH]1.OB(O)c1ccc(Cl)cc1. The van der Waals surface area contributed by atoms with Crippen LogP contribution in [-0.2, 0) is 0 Å². The molecule has 22 heteroatoms. The summed E-state index contributed by atoms with van der Waals surface area (Å²) in [5.41, 5.74) is 12.0. The van der Waals surface area contributed by atoms with E-state index in [1.807, 2.05) is 158 Å². The monoisotopic (exact) mass is 1610 g/mol. The van der Waals surface area contributed by atoms with Gasteiger partial charge in [0.15, 0.2) is 0 Å². The number of rotatable bonds is 7. The number of anilines is 1. The molecule has 0 unspecified atom stereocenters. The van der Waals surface area contributed by atoms with E-state index in [4.69, 9.17) is 108 Å². The third kappa shape index (κ3) is 25.1. The number of pyridine rings is 5. The summed E-state index contributed by atoms with van der Waals surface area (Å²) < 4.78 is 0. The molecule has 0 atom stereocenters. The van der Waals surface area contributed by atoms with Crippen LogP contribution in [0, 0.1) is 0 Å². The van der Waals surface area contributed by atoms with Gasteiger partial charge in [0, 0.05) is 112 Å². The van der Waals surface area contributed by atoms with Crippen molar-refractivity contribution in [3.63, 3.8) is 0 Å². The minimum absolute atomic E-state index is 0.0225. The van der Waals surface area contributed by atoms with Gasteiger partial charge in [-0.1, -0.05) is 226 Å². The highest BCUT2D eigenvalue weighted by atomic mass is 35.5. The Morgan fingerprint density at radius 1 is 0.413 bits per heavy atom. The molecule has 0 amide bonds. The molecule has 7 N–H and O–H groups in total. The molecule has 0 radical (unpaired) electrons. The van der Waals surface area contributed by atoms with Crippen molar-refractivity contribution in [1.29, 1.82) is 0 Å². The summed E-state index contributed by atoms with van der Waals surface area (Å²) in [7, 11) is -1.41. The van der Waals surface area contributed by atoms with Crippen LogP contribution in [0.25, 0.3) is 88.3 Å². The standard InChI is InChI=1S/C24H28ClN3.2C15H9Cl2N.C9H5Cl2N.C9H20N2.C9H7NO2.C6H6BClO2/c1-24(2,3)27-19-12-14-28(15-13-19)23-16-22(17-8-10-18(25)11-9-17)26-21-7-5-4-6-20(21)23;2*16-11-7-5-10(6-8-11)15-9-13(17)12-3-1-2-4-14(12)18-15;10-7-5-9(11)12-8-4-2-1-3-6(7)8;1-9(2,3)11-8-4-6-10-7-5-8;11-8-5-9(12)10-7-4-2-1-3-6(7)8;8-6-3-1-5(2-4-6)7(9)10/h4-11,16,19,27H,12-15H2,1-3H3;2*1-9H;1-5H;8,10-11H,4-7H2,1-3H3;1-5H,(H2,10,11,12);1-4,9-10H. The van der Waals surface area contributed by atoms with Gasteiger partial charge in [0.25, 0.3) is 5.56 Å². The molecule has 14 aromatic rings. The number of hydrogen-bond donors (Lipinski definition) is 7. The van der Waals surface area contributed by atoms with Crippen molar-refractivity contribution >= 4 is 166 Å². The van der Waals surface area contributed by atoms with Gasteiger partial charge in [-0.25, -0.2) is 19.9 Å². The predicted octanol–water partition coefficient (Wildman–Crippen LogP) is 22.3. The molecule has 0 spiro atoms. The van der Waals surface area contributed by atoms with Crippen LogP contribution < -0.4 is 31.9 Å². The van der Waals surface area contributed by atoms with E-state index in [1.54, 1.807) is 54.6 Å². The van der Waals surface area contributed by atoms with E-state index in [0.717, 1.165) is 109 Å². The quantitative estimate of drug-likeness (QED) is 0.0593. The van der Waals surface area contributed by atoms with E-state index >= 15 is 0 Å². The lowest BCUT2D eigenvalue weighted by Crippen LogP contribution is -2.49. The maximum atomic E-state index is 10.9. The fraction of sp³-hybridized carbons (Fsp3) is 0.207. The third-order valence-electron chi connectivity index (χ3n) is 17.4. The number of halogens is 8. The lowest BCUT2D eigenvalue weighted by atomic mass is 9.81. The van der Waals surface area contributed by atoms with E-state index in [2.05, 4.69) is 113 Å². The molecule has 9 aromatic carbocycles. The van der Waals surface area contributed by atoms with Crippen LogP contribution in [0.2, 0.25) is 40.3 Å². The molecular formula is C87H84BCl8N9O4. The van der Waals surface area contributed by atoms with E-state index in [9.17, 15) is 9.90 Å². The first-order valence-corrected chi connectivity index (χ1v) is 38.6. The number of aromatic nitrogens is 5. The summed E-state index contributed by atoms with van der Waals surface area (Å²) in [4.78, 5) is 34.3. The normalized spacial score (nSPS) is 13.0. The second-order valence-electron chi connectivity index (χ2n) is 28.1. The molecule has 0 saturated carbocycles. The molecular weight excluding hydrogens is 1530 g/mol. The summed E-state index contributed by atoms with van der Waals surface area (Å²) in [6.07, 6.45) is 4.86. The third-order valence-corrected chi connectivity index (χ3v) is 19.6. The number of hydrogen-bond acceptors (Lipinski definition) is 12. The first-order valence-electron chi connectivity index (χ1n) is 35.6. The summed E-state index contributed by atoms with van der Waals surface area (Å²) in [6, 6.07) is 78.4. The highest BCUT2D eigenvalue weighted by molar-refractivity contribution is 6.58. The summed E-state index contributed by atoms with van der Waals surface area (Å²) in [5, 5.41) is 47.3. The van der Waals surface area contributed by atoms with Gasteiger partial charge in [0.05, 0.1) is 59.7 Å². The first-order chi connectivity index (χ1) is 52.2. The lowest BCUT2D eigenvalue weighted by molar-refractivity contribution is 0.304. The predicted molar refractivity (Wildman–Crippen MR) is 463 cm³/mol. The Morgan fingerprint density at radius 2 is 0.761 bits per heavy atom. The Kier molecular flexibility index (Phi) is 30.1. The Morgan fingerprint density at radius 3 is 1.18 bits per heavy atom. The zero-order chi connectivity index (χ0) is 77.8. The van der Waals surface area contributed by atoms with Crippen molar-refractivity contribution in [2.24, 2.45) is 0 Å². The molecule has 13 nitrogen and oxygen atoms in total. The van der Waals surface area contributed by atoms with Crippen molar-refractivity contribution in [3.05, 3.63) is 299 Å². The van der Waals surface area contributed by atoms with Crippen LogP contribution >= 0.6 is 92.8 Å². The van der Waals surface area contributed by atoms with E-state index in [0.29, 0.717) is 57.7 Å². The van der Waals surface area contributed by atoms with Crippen LogP contribution in [-0.4, -0.2) is 96.5 Å². The molecule has 2 aliphatic heterocycles. The van der Waals surface area contributed by atoms with Crippen LogP contribution in [0.5, 0.6) is 5.75 Å². The molecule has 0 bridgehead atoms. The lowest BCUT2D eigenvalue weighted by Gasteiger charge is -2.37. The Balaban J connectivity index is 0.000000140. The van der Waals surface area contributed by atoms with Gasteiger partial charge in [-0.15, -0.1) is 0 Å². The molecule has 5 aromatic heterocycles. The molecule has 560 valence electrons. The van der Waals surface area contributed by atoms with E-state index in [1.165, 1.54) is 43.1 Å². The minimum atomic E-state index is -1.41. The fourth-order valence-electron chi connectivity index (χ4n) is 12.4. The smallest absolute Gasteiger partial charge is 0.488 e. The number of benzene rings is 9. The average molecular weight is 1610 g/mol. The van der Waals surface area contributed by atoms with Gasteiger partial charge < -0.3 is 41.0 Å². The summed E-state index contributed by atoms with van der Waals surface area (Å²) in [5.74, 6) is 0.0225. The van der Waals surface area contributed by atoms with Gasteiger partial charge >= 0.3 is 7.12 Å². The molecule has 0 aliphatic carbocycles. The van der Waals surface area contributed by atoms with Crippen LogP contribution in [0.15, 0.2) is 254 Å². The van der Waals surface area contributed by atoms with Crippen molar-refractivity contribution in [3.8, 4) is 39.5 Å². The Bertz CT molecular complexity index is 5240. The summed E-state index contributed by atoms with van der Waals surface area (Å²) >= 11 is 47.6. The number of piperidine rings is 2. The van der Waals surface area contributed by atoms with Crippen molar-refractivity contribution in [1.82, 2.24) is 40.9 Å². The number of para-hydroxylation sites is 5. The molecule has 2 aliphatic rings. The van der Waals surface area contributed by atoms with Gasteiger partial charge in [0.2, 0.25) is 0 Å². The van der Waals surface area contributed by atoms with Crippen molar-refractivity contribution in [2.45, 2.75) is 90.4 Å². The second-order valence-corrected chi connectivity index (χ2v) is 31.4. The number of aromatic amines is 1. The fourth-order valence-corrected chi connectivity index (χ4v) is 13.9. The number of aromatic hydroxyl groups is 1. The highest BCUT2D eigenvalue weighted by Crippen LogP contribution is 2.35. The van der Waals surface area contributed by atoms with Gasteiger partial charge in [0.1, 0.15) is 10.9 Å². The van der Waals surface area contributed by atoms with Crippen LogP contribution in [0.4, 0.5) is 5.69 Å². The molecule has 109 heavy (non-hydrogen) atoms. The van der Waals surface area contributed by atoms with Crippen LogP contribution in [0.3, 0.4) is 0 Å². The zero-order valence-electron chi connectivity index (χ0n) is 61.1. The molecule has 2 fully saturated rings.